The van der Waals surface area contributed by atoms with Crippen LogP contribution in [-0.4, -0.2) is 16.1 Å². The third-order valence-corrected chi connectivity index (χ3v) is 5.36. The van der Waals surface area contributed by atoms with Crippen LogP contribution in [0.5, 0.6) is 0 Å². The molecule has 0 saturated heterocycles. The van der Waals surface area contributed by atoms with Gasteiger partial charge in [0.25, 0.3) is 0 Å². The van der Waals surface area contributed by atoms with Gasteiger partial charge >= 0.3 is 5.97 Å². The van der Waals surface area contributed by atoms with Crippen LogP contribution in [0.2, 0.25) is 0 Å². The monoisotopic (exact) mass is 357 g/mol. The van der Waals surface area contributed by atoms with Crippen molar-refractivity contribution in [1.29, 1.82) is 0 Å². The van der Waals surface area contributed by atoms with Crippen molar-refractivity contribution in [2.75, 3.05) is 0 Å². The number of hydrogen-bond donors (Lipinski definition) is 1. The molecule has 0 saturated carbocycles. The Morgan fingerprint density at radius 1 is 1.42 bits per heavy atom. The van der Waals surface area contributed by atoms with Gasteiger partial charge in [0.05, 0.1) is 12.1 Å². The van der Waals surface area contributed by atoms with Gasteiger partial charge in [-0.15, -0.1) is 11.3 Å². The van der Waals surface area contributed by atoms with Gasteiger partial charge in [-0.25, -0.2) is 4.98 Å². The van der Waals surface area contributed by atoms with E-state index in [2.05, 4.69) is 33.0 Å². The third-order valence-electron chi connectivity index (χ3n) is 2.46. The summed E-state index contributed by atoms with van der Waals surface area (Å²) in [5, 5.41) is 8.80. The van der Waals surface area contributed by atoms with E-state index >= 15 is 0 Å². The van der Waals surface area contributed by atoms with Gasteiger partial charge < -0.3 is 5.11 Å². The van der Waals surface area contributed by atoms with Gasteiger partial charge in [0.1, 0.15) is 0 Å². The molecule has 0 spiro atoms. The van der Waals surface area contributed by atoms with E-state index < -0.39 is 5.97 Å². The van der Waals surface area contributed by atoms with Crippen molar-refractivity contribution in [2.24, 2.45) is 0 Å². The van der Waals surface area contributed by atoms with Crippen molar-refractivity contribution in [3.8, 4) is 0 Å². The zero-order chi connectivity index (χ0) is 13.8. The fraction of sp³-hybridized carbons (Fsp3) is 0.231. The van der Waals surface area contributed by atoms with E-state index in [1.807, 2.05) is 19.1 Å². The Bertz CT molecular complexity index is 581. The van der Waals surface area contributed by atoms with Gasteiger partial charge in [-0.05, 0) is 24.6 Å². The number of benzene rings is 1. The van der Waals surface area contributed by atoms with E-state index in [4.69, 9.17) is 5.11 Å². The van der Waals surface area contributed by atoms with Gasteiger partial charge in [-0.1, -0.05) is 39.8 Å². The molecule has 0 aliphatic carbocycles. The lowest BCUT2D eigenvalue weighted by Gasteiger charge is -1.98. The second-order valence-electron chi connectivity index (χ2n) is 3.97. The number of thiazole rings is 1. The second-order valence-corrected chi connectivity index (χ2v) is 7.20. The molecule has 0 fully saturated rings. The number of carbonyl (C=O) groups is 1. The Labute approximate surface area is 128 Å². The molecule has 1 heterocycles. The van der Waals surface area contributed by atoms with Crippen LogP contribution in [0.4, 0.5) is 0 Å². The third kappa shape index (κ3) is 4.33. The number of hydrogen-bond acceptors (Lipinski definition) is 4. The maximum absolute atomic E-state index is 10.7. The van der Waals surface area contributed by atoms with Crippen molar-refractivity contribution in [1.82, 2.24) is 4.98 Å². The number of rotatable bonds is 5. The van der Waals surface area contributed by atoms with E-state index in [0.29, 0.717) is 0 Å². The summed E-state index contributed by atoms with van der Waals surface area (Å²) in [6.45, 7) is 1.86. The summed E-state index contributed by atoms with van der Waals surface area (Å²) >= 11 is 6.52. The number of aliphatic carboxylic acids is 1. The first kappa shape index (κ1) is 14.6. The number of halogens is 1. The molecule has 0 aliphatic heterocycles. The molecule has 2 rings (SSSR count). The van der Waals surface area contributed by atoms with Crippen molar-refractivity contribution in [3.05, 3.63) is 44.9 Å². The predicted molar refractivity (Wildman–Crippen MR) is 81.9 cm³/mol. The van der Waals surface area contributed by atoms with E-state index in [1.165, 1.54) is 16.9 Å². The first-order chi connectivity index (χ1) is 9.04. The molecule has 6 heteroatoms. The Balaban J connectivity index is 1.99. The van der Waals surface area contributed by atoms with Crippen LogP contribution in [0.3, 0.4) is 0 Å². The molecule has 0 atom stereocenters. The van der Waals surface area contributed by atoms with E-state index in [0.717, 1.165) is 25.1 Å². The van der Waals surface area contributed by atoms with Crippen molar-refractivity contribution < 1.29 is 9.90 Å². The van der Waals surface area contributed by atoms with Crippen LogP contribution < -0.4 is 0 Å². The minimum Gasteiger partial charge on any atom is -0.481 e. The van der Waals surface area contributed by atoms with Gasteiger partial charge in [0.2, 0.25) is 0 Å². The van der Waals surface area contributed by atoms with Gasteiger partial charge in [-0.2, -0.15) is 0 Å². The Kier molecular flexibility index (Phi) is 5.01. The van der Waals surface area contributed by atoms with Gasteiger partial charge in [0, 0.05) is 15.1 Å². The zero-order valence-electron chi connectivity index (χ0n) is 10.2. The summed E-state index contributed by atoms with van der Waals surface area (Å²) in [7, 11) is 0. The molecule has 0 bridgehead atoms. The smallest absolute Gasteiger partial charge is 0.308 e. The first-order valence-electron chi connectivity index (χ1n) is 5.60. The second kappa shape index (κ2) is 6.54. The van der Waals surface area contributed by atoms with Crippen molar-refractivity contribution in [3.63, 3.8) is 0 Å². The largest absolute Gasteiger partial charge is 0.481 e. The molecule has 100 valence electrons. The van der Waals surface area contributed by atoms with Crippen LogP contribution in [0.25, 0.3) is 0 Å². The molecule has 2 aromatic rings. The number of aromatic nitrogens is 1. The van der Waals surface area contributed by atoms with Crippen LogP contribution in [0.15, 0.2) is 33.1 Å². The van der Waals surface area contributed by atoms with Gasteiger partial charge in [0.15, 0.2) is 4.34 Å². The van der Waals surface area contributed by atoms with E-state index in [9.17, 15) is 4.79 Å². The summed E-state index contributed by atoms with van der Waals surface area (Å²) < 4.78 is 1.99. The molecule has 0 unspecified atom stereocenters. The van der Waals surface area contributed by atoms with Crippen LogP contribution in [0.1, 0.15) is 16.1 Å². The number of nitrogens with zero attached hydrogens (tertiary/aromatic N) is 1. The Morgan fingerprint density at radius 2 is 2.11 bits per heavy atom. The summed E-state index contributed by atoms with van der Waals surface area (Å²) in [5.41, 5.74) is 2.05. The van der Waals surface area contributed by atoms with Crippen LogP contribution in [0, 0.1) is 6.92 Å². The maximum Gasteiger partial charge on any atom is 0.308 e. The lowest BCUT2D eigenvalue weighted by Crippen LogP contribution is -1.99. The summed E-state index contributed by atoms with van der Waals surface area (Å²) in [6, 6.07) is 8.16. The molecule has 19 heavy (non-hydrogen) atoms. The highest BCUT2D eigenvalue weighted by molar-refractivity contribution is 9.10. The highest BCUT2D eigenvalue weighted by Gasteiger charge is 2.11. The minimum absolute atomic E-state index is 0.0579. The van der Waals surface area contributed by atoms with Crippen molar-refractivity contribution >= 4 is 45.0 Å². The number of aryl methyl sites for hydroxylation is 1. The SMILES string of the molecule is Cc1nc(SCc2ccc(Br)cc2)sc1CC(=O)O. The summed E-state index contributed by atoms with van der Waals surface area (Å²) in [5.74, 6) is 0.0310. The summed E-state index contributed by atoms with van der Waals surface area (Å²) in [4.78, 5) is 16.0. The molecular weight excluding hydrogens is 346 g/mol. The number of carboxylic acids is 1. The molecule has 1 aromatic heterocycles. The fourth-order valence-electron chi connectivity index (χ4n) is 1.49. The molecule has 1 N–H and O–H groups in total. The predicted octanol–water partition coefficient (Wildman–Crippen LogP) is 4.13. The van der Waals surface area contributed by atoms with E-state index in [1.54, 1.807) is 11.8 Å². The van der Waals surface area contributed by atoms with Crippen molar-refractivity contribution in [2.45, 2.75) is 23.4 Å². The molecule has 1 aromatic carbocycles. The average Bonchev–Trinajstić information content (AvgIpc) is 2.69. The average molecular weight is 358 g/mol. The number of thioether (sulfide) groups is 1. The Hall–Kier alpha value is -0.850. The lowest BCUT2D eigenvalue weighted by molar-refractivity contribution is -0.136. The topological polar surface area (TPSA) is 50.2 Å². The summed E-state index contributed by atoms with van der Waals surface area (Å²) in [6.07, 6.45) is 0.0579. The van der Waals surface area contributed by atoms with E-state index in [-0.39, 0.29) is 6.42 Å². The quantitative estimate of drug-likeness (QED) is 0.817. The normalized spacial score (nSPS) is 10.6. The van der Waals surface area contributed by atoms with Crippen LogP contribution >= 0.6 is 39.0 Å². The molecular formula is C13H12BrNO2S2. The standard InChI is InChI=1S/C13H12BrNO2S2/c1-8-11(6-12(16)17)19-13(15-8)18-7-9-2-4-10(14)5-3-9/h2-5H,6-7H2,1H3,(H,16,17). The zero-order valence-corrected chi connectivity index (χ0v) is 13.4. The fourth-order valence-corrected chi connectivity index (χ4v) is 3.94. The Morgan fingerprint density at radius 3 is 2.74 bits per heavy atom. The van der Waals surface area contributed by atoms with Crippen LogP contribution in [-0.2, 0) is 17.0 Å². The molecule has 0 radical (unpaired) electrons. The molecule has 3 nitrogen and oxygen atoms in total. The lowest BCUT2D eigenvalue weighted by atomic mass is 10.2. The number of carboxylic acid groups (broad SMARTS) is 1. The highest BCUT2D eigenvalue weighted by atomic mass is 79.9. The minimum atomic E-state index is -0.809. The maximum atomic E-state index is 10.7. The van der Waals surface area contributed by atoms with Gasteiger partial charge in [-0.3, -0.25) is 4.79 Å². The highest BCUT2D eigenvalue weighted by Crippen LogP contribution is 2.30. The molecule has 0 aliphatic rings. The molecule has 0 amide bonds. The first-order valence-corrected chi connectivity index (χ1v) is 8.19.